The van der Waals surface area contributed by atoms with Crippen LogP contribution in [0.4, 0.5) is 0 Å². The van der Waals surface area contributed by atoms with Gasteiger partial charge in [-0.3, -0.25) is 10.1 Å². The van der Waals surface area contributed by atoms with Gasteiger partial charge in [0.05, 0.1) is 11.1 Å². The molecule has 0 aromatic heterocycles. The molecule has 0 radical (unpaired) electrons. The fraction of sp³-hybridized carbons (Fsp3) is 0.556. The molecule has 140 valence electrons. The van der Waals surface area contributed by atoms with Gasteiger partial charge >= 0.3 is 0 Å². The minimum absolute atomic E-state index is 0.235. The zero-order valence-corrected chi connectivity index (χ0v) is 17.6. The van der Waals surface area contributed by atoms with Crippen molar-refractivity contribution in [1.82, 2.24) is 15.5 Å². The van der Waals surface area contributed by atoms with Crippen molar-refractivity contribution >= 4 is 39.2 Å². The van der Waals surface area contributed by atoms with E-state index in [4.69, 9.17) is 17.0 Å². The van der Waals surface area contributed by atoms with E-state index < -0.39 is 0 Å². The van der Waals surface area contributed by atoms with Gasteiger partial charge in [-0.25, -0.2) is 0 Å². The zero-order chi connectivity index (χ0) is 18.7. The highest BCUT2D eigenvalue weighted by Crippen LogP contribution is 2.26. The molecule has 0 saturated carbocycles. The van der Waals surface area contributed by atoms with Gasteiger partial charge in [0.25, 0.3) is 5.91 Å². The van der Waals surface area contributed by atoms with E-state index in [0.717, 1.165) is 42.7 Å². The van der Waals surface area contributed by atoms with E-state index in [9.17, 15) is 4.79 Å². The quantitative estimate of drug-likeness (QED) is 0.439. The molecule has 5 nitrogen and oxygen atoms in total. The van der Waals surface area contributed by atoms with Gasteiger partial charge in [0.15, 0.2) is 5.11 Å². The predicted octanol–water partition coefficient (Wildman–Crippen LogP) is 3.57. The first-order valence-electron chi connectivity index (χ1n) is 8.75. The van der Waals surface area contributed by atoms with E-state index in [0.29, 0.717) is 23.8 Å². The molecule has 1 aromatic rings. The van der Waals surface area contributed by atoms with Crippen molar-refractivity contribution in [2.75, 3.05) is 32.8 Å². The largest absolute Gasteiger partial charge is 0.492 e. The minimum atomic E-state index is -0.235. The molecule has 0 bridgehead atoms. The first-order chi connectivity index (χ1) is 12.0. The van der Waals surface area contributed by atoms with Gasteiger partial charge in [0, 0.05) is 18.7 Å². The number of likely N-dealkylation sites (N-methyl/N-ethyl adjacent to an activating group) is 1. The average molecular weight is 430 g/mol. The number of thiocarbonyl (C=S) groups is 1. The number of benzene rings is 1. The number of carbonyl (C=O) groups excluding carboxylic acids is 1. The van der Waals surface area contributed by atoms with Crippen molar-refractivity contribution in [2.24, 2.45) is 0 Å². The second-order valence-corrected chi connectivity index (χ2v) is 6.85. The Morgan fingerprint density at radius 3 is 2.60 bits per heavy atom. The third-order valence-corrected chi connectivity index (χ3v) is 4.65. The number of hydrogen-bond acceptors (Lipinski definition) is 4. The summed E-state index contributed by atoms with van der Waals surface area (Å²) in [5, 5.41) is 6.11. The molecule has 0 spiro atoms. The van der Waals surface area contributed by atoms with Crippen molar-refractivity contribution in [3.05, 3.63) is 28.2 Å². The Morgan fingerprint density at radius 2 is 2.00 bits per heavy atom. The van der Waals surface area contributed by atoms with Crippen LogP contribution in [-0.4, -0.2) is 48.7 Å². The van der Waals surface area contributed by atoms with E-state index >= 15 is 0 Å². The average Bonchev–Trinajstić information content (AvgIpc) is 2.60. The van der Waals surface area contributed by atoms with Crippen LogP contribution in [0.5, 0.6) is 5.75 Å². The molecular formula is C18H28BrN3O2S. The standard InChI is InChI=1S/C18H28BrN3O2S/c1-4-7-12-24-16-9-8-14(13-15(16)19)17(23)21-18(25)20-10-11-22(5-2)6-3/h8-9,13H,4-7,10-12H2,1-3H3,(H2,20,21,23,25). The third-order valence-electron chi connectivity index (χ3n) is 3.78. The Balaban J connectivity index is 2.48. The van der Waals surface area contributed by atoms with Crippen molar-refractivity contribution < 1.29 is 9.53 Å². The summed E-state index contributed by atoms with van der Waals surface area (Å²) in [6, 6.07) is 5.28. The van der Waals surface area contributed by atoms with Gasteiger partial charge in [-0.05, 0) is 65.9 Å². The zero-order valence-electron chi connectivity index (χ0n) is 15.2. The third kappa shape index (κ3) is 8.16. The Labute approximate surface area is 164 Å². The molecule has 0 fully saturated rings. The maximum Gasteiger partial charge on any atom is 0.257 e. The maximum absolute atomic E-state index is 12.3. The van der Waals surface area contributed by atoms with Crippen LogP contribution in [0.3, 0.4) is 0 Å². The lowest BCUT2D eigenvalue weighted by Crippen LogP contribution is -2.42. The molecule has 7 heteroatoms. The summed E-state index contributed by atoms with van der Waals surface area (Å²) in [5.74, 6) is 0.506. The molecule has 0 aliphatic carbocycles. The van der Waals surface area contributed by atoms with E-state index in [1.807, 2.05) is 0 Å². The smallest absolute Gasteiger partial charge is 0.257 e. The van der Waals surface area contributed by atoms with E-state index in [1.165, 1.54) is 0 Å². The predicted molar refractivity (Wildman–Crippen MR) is 110 cm³/mol. The second-order valence-electron chi connectivity index (χ2n) is 5.58. The first kappa shape index (κ1) is 21.9. The molecule has 0 saturated heterocycles. The van der Waals surface area contributed by atoms with Crippen molar-refractivity contribution in [2.45, 2.75) is 33.6 Å². The summed E-state index contributed by atoms with van der Waals surface area (Å²) in [6.07, 6.45) is 2.08. The molecule has 0 aliphatic rings. The monoisotopic (exact) mass is 429 g/mol. The second kappa shape index (κ2) is 12.2. The number of rotatable bonds is 10. The normalized spacial score (nSPS) is 10.6. The van der Waals surface area contributed by atoms with Crippen molar-refractivity contribution in [1.29, 1.82) is 0 Å². The molecule has 25 heavy (non-hydrogen) atoms. The molecule has 1 rings (SSSR count). The number of unbranched alkanes of at least 4 members (excludes halogenated alkanes) is 1. The summed E-state index contributed by atoms with van der Waals surface area (Å²) < 4.78 is 6.43. The molecule has 1 amide bonds. The molecule has 0 atom stereocenters. The first-order valence-corrected chi connectivity index (χ1v) is 9.95. The highest BCUT2D eigenvalue weighted by atomic mass is 79.9. The Hall–Kier alpha value is -1.18. The lowest BCUT2D eigenvalue weighted by atomic mass is 10.2. The lowest BCUT2D eigenvalue weighted by molar-refractivity contribution is 0.0976. The lowest BCUT2D eigenvalue weighted by Gasteiger charge is -2.18. The molecule has 2 N–H and O–H groups in total. The van der Waals surface area contributed by atoms with Crippen LogP contribution < -0.4 is 15.4 Å². The Kier molecular flexibility index (Phi) is 10.7. The van der Waals surface area contributed by atoms with Crippen molar-refractivity contribution in [3.8, 4) is 5.75 Å². The summed E-state index contributed by atoms with van der Waals surface area (Å²) in [7, 11) is 0. The van der Waals surface area contributed by atoms with Gasteiger partial charge in [0.1, 0.15) is 5.75 Å². The molecule has 0 heterocycles. The van der Waals surface area contributed by atoms with Gasteiger partial charge in [0.2, 0.25) is 0 Å². The fourth-order valence-electron chi connectivity index (χ4n) is 2.17. The van der Waals surface area contributed by atoms with Gasteiger partial charge in [-0.1, -0.05) is 27.2 Å². The Morgan fingerprint density at radius 1 is 1.28 bits per heavy atom. The SMILES string of the molecule is CCCCOc1ccc(C(=O)NC(=S)NCCN(CC)CC)cc1Br. The highest BCUT2D eigenvalue weighted by Gasteiger charge is 2.11. The fourth-order valence-corrected chi connectivity index (χ4v) is 2.86. The summed E-state index contributed by atoms with van der Waals surface area (Å²) in [6.45, 7) is 10.6. The molecule has 0 unspecified atom stereocenters. The topological polar surface area (TPSA) is 53.6 Å². The van der Waals surface area contributed by atoms with Gasteiger partial charge in [-0.2, -0.15) is 0 Å². The maximum atomic E-state index is 12.3. The number of nitrogens with zero attached hydrogens (tertiary/aromatic N) is 1. The summed E-state index contributed by atoms with van der Waals surface area (Å²) in [5.41, 5.74) is 0.530. The van der Waals surface area contributed by atoms with Crippen LogP contribution in [0.1, 0.15) is 44.0 Å². The Bertz CT molecular complexity index is 565. The number of amides is 1. The van der Waals surface area contributed by atoms with Gasteiger partial charge < -0.3 is 15.0 Å². The molecular weight excluding hydrogens is 402 g/mol. The van der Waals surface area contributed by atoms with Crippen LogP contribution in [0.15, 0.2) is 22.7 Å². The van der Waals surface area contributed by atoms with E-state index in [1.54, 1.807) is 18.2 Å². The van der Waals surface area contributed by atoms with Crippen molar-refractivity contribution in [3.63, 3.8) is 0 Å². The van der Waals surface area contributed by atoms with E-state index in [2.05, 4.69) is 52.2 Å². The number of carbonyl (C=O) groups is 1. The number of halogens is 1. The summed E-state index contributed by atoms with van der Waals surface area (Å²) in [4.78, 5) is 14.6. The van der Waals surface area contributed by atoms with Crippen LogP contribution in [0.2, 0.25) is 0 Å². The minimum Gasteiger partial charge on any atom is -0.492 e. The summed E-state index contributed by atoms with van der Waals surface area (Å²) >= 11 is 8.63. The van der Waals surface area contributed by atoms with Crippen LogP contribution in [0, 0.1) is 0 Å². The number of ether oxygens (including phenoxy) is 1. The molecule has 0 aliphatic heterocycles. The van der Waals surface area contributed by atoms with Crippen LogP contribution in [0.25, 0.3) is 0 Å². The number of hydrogen-bond donors (Lipinski definition) is 2. The number of nitrogens with one attached hydrogen (secondary N) is 2. The van der Waals surface area contributed by atoms with Crippen LogP contribution >= 0.6 is 28.1 Å². The van der Waals surface area contributed by atoms with Gasteiger partial charge in [-0.15, -0.1) is 0 Å². The van der Waals surface area contributed by atoms with Crippen LogP contribution in [-0.2, 0) is 0 Å². The van der Waals surface area contributed by atoms with E-state index in [-0.39, 0.29) is 5.91 Å². The highest BCUT2D eigenvalue weighted by molar-refractivity contribution is 9.10. The molecule has 1 aromatic carbocycles.